The molecule has 6 heteroatoms. The number of anilines is 1. The van der Waals surface area contributed by atoms with Crippen molar-refractivity contribution >= 4 is 22.5 Å². The average Bonchev–Trinajstić information content (AvgIpc) is 2.90. The van der Waals surface area contributed by atoms with Crippen LogP contribution in [-0.2, 0) is 0 Å². The second-order valence-electron chi connectivity index (χ2n) is 5.78. The average molecular weight is 283 g/mol. The highest BCUT2D eigenvalue weighted by Crippen LogP contribution is 2.26. The van der Waals surface area contributed by atoms with Crippen LogP contribution in [-0.4, -0.2) is 32.7 Å². The number of piperidine rings is 1. The van der Waals surface area contributed by atoms with Crippen LogP contribution in [0.1, 0.15) is 19.8 Å². The Morgan fingerprint density at radius 3 is 2.81 bits per heavy atom. The fourth-order valence-electron chi connectivity index (χ4n) is 3.01. The van der Waals surface area contributed by atoms with Crippen molar-refractivity contribution in [2.75, 3.05) is 18.0 Å². The molecule has 0 amide bonds. The van der Waals surface area contributed by atoms with Gasteiger partial charge in [0.05, 0.1) is 11.0 Å². The third-order valence-electron chi connectivity index (χ3n) is 4.30. The van der Waals surface area contributed by atoms with Crippen LogP contribution in [0, 0.1) is 5.92 Å². The zero-order chi connectivity index (χ0) is 14.4. The molecule has 0 saturated carbocycles. The van der Waals surface area contributed by atoms with Gasteiger partial charge in [-0.3, -0.25) is 0 Å². The van der Waals surface area contributed by atoms with E-state index >= 15 is 0 Å². The molecule has 108 valence electrons. The Hall–Kier alpha value is -2.37. The molecule has 0 bridgehead atoms. The summed E-state index contributed by atoms with van der Waals surface area (Å²) in [6.45, 7) is 4.20. The smallest absolute Gasteiger partial charge is 0.348 e. The van der Waals surface area contributed by atoms with Crippen molar-refractivity contribution in [1.82, 2.24) is 19.6 Å². The van der Waals surface area contributed by atoms with Gasteiger partial charge in [0.2, 0.25) is 5.65 Å². The van der Waals surface area contributed by atoms with E-state index in [1.807, 2.05) is 24.3 Å². The molecule has 0 atom stereocenters. The molecule has 2 aromatic heterocycles. The maximum absolute atomic E-state index is 12.1. The normalized spacial score (nSPS) is 16.9. The Balaban J connectivity index is 1.97. The van der Waals surface area contributed by atoms with E-state index in [2.05, 4.69) is 22.0 Å². The summed E-state index contributed by atoms with van der Waals surface area (Å²) in [5, 5.41) is 6.73. The summed E-state index contributed by atoms with van der Waals surface area (Å²) in [6, 6.07) is 7.68. The first kappa shape index (κ1) is 12.4. The van der Waals surface area contributed by atoms with Crippen molar-refractivity contribution in [2.45, 2.75) is 19.8 Å². The van der Waals surface area contributed by atoms with E-state index in [0.29, 0.717) is 5.65 Å². The molecular formula is C15H17N5O. The third kappa shape index (κ3) is 1.90. The van der Waals surface area contributed by atoms with E-state index in [-0.39, 0.29) is 5.69 Å². The fraction of sp³-hybridized carbons (Fsp3) is 0.400. The lowest BCUT2D eigenvalue weighted by atomic mass is 9.99. The molecule has 1 fully saturated rings. The Labute approximate surface area is 121 Å². The van der Waals surface area contributed by atoms with Gasteiger partial charge in [-0.15, -0.1) is 5.10 Å². The van der Waals surface area contributed by atoms with E-state index in [0.717, 1.165) is 48.7 Å². The minimum Gasteiger partial charge on any atom is -0.353 e. The van der Waals surface area contributed by atoms with Crippen LogP contribution >= 0.6 is 0 Å². The number of fused-ring (bicyclic) bond motifs is 3. The predicted molar refractivity (Wildman–Crippen MR) is 81.7 cm³/mol. The number of rotatable bonds is 1. The largest absolute Gasteiger partial charge is 0.353 e. The molecule has 0 radical (unpaired) electrons. The van der Waals surface area contributed by atoms with E-state index in [9.17, 15) is 4.79 Å². The zero-order valence-electron chi connectivity index (χ0n) is 11.9. The third-order valence-corrected chi connectivity index (χ3v) is 4.30. The van der Waals surface area contributed by atoms with Crippen molar-refractivity contribution in [3.05, 3.63) is 34.7 Å². The molecule has 4 rings (SSSR count). The van der Waals surface area contributed by atoms with E-state index < -0.39 is 0 Å². The lowest BCUT2D eigenvalue weighted by Gasteiger charge is -2.31. The zero-order valence-corrected chi connectivity index (χ0v) is 11.9. The van der Waals surface area contributed by atoms with Gasteiger partial charge in [0.25, 0.3) is 0 Å². The summed E-state index contributed by atoms with van der Waals surface area (Å²) < 4.78 is 1.62. The number of nitrogens with zero attached hydrogens (tertiary/aromatic N) is 4. The highest BCUT2D eigenvalue weighted by atomic mass is 16.1. The second kappa shape index (κ2) is 4.58. The molecule has 0 spiro atoms. The minimum atomic E-state index is -0.213. The first-order chi connectivity index (χ1) is 10.2. The van der Waals surface area contributed by atoms with Crippen molar-refractivity contribution in [3.63, 3.8) is 0 Å². The SMILES string of the molecule is CC1CCN(c2nc3ccccc3n3c(=O)[nH]nc23)CC1. The summed E-state index contributed by atoms with van der Waals surface area (Å²) in [5.74, 6) is 1.55. The van der Waals surface area contributed by atoms with E-state index in [1.165, 1.54) is 0 Å². The number of aromatic nitrogens is 4. The predicted octanol–water partition coefficient (Wildman–Crippen LogP) is 1.81. The van der Waals surface area contributed by atoms with Gasteiger partial charge in [-0.1, -0.05) is 19.1 Å². The number of para-hydroxylation sites is 2. The van der Waals surface area contributed by atoms with Gasteiger partial charge in [0.1, 0.15) is 0 Å². The molecule has 1 N–H and O–H groups in total. The Morgan fingerprint density at radius 2 is 2.00 bits per heavy atom. The monoisotopic (exact) mass is 283 g/mol. The number of benzene rings is 1. The van der Waals surface area contributed by atoms with E-state index in [1.54, 1.807) is 4.40 Å². The summed E-state index contributed by atoms with van der Waals surface area (Å²) in [4.78, 5) is 19.1. The highest BCUT2D eigenvalue weighted by molar-refractivity contribution is 5.82. The molecule has 3 heterocycles. The molecule has 1 saturated heterocycles. The quantitative estimate of drug-likeness (QED) is 0.739. The minimum absolute atomic E-state index is 0.213. The van der Waals surface area contributed by atoms with Crippen LogP contribution in [0.2, 0.25) is 0 Å². The van der Waals surface area contributed by atoms with Crippen LogP contribution in [0.25, 0.3) is 16.7 Å². The molecule has 0 aliphatic carbocycles. The molecule has 1 aliphatic rings. The van der Waals surface area contributed by atoms with Crippen LogP contribution in [0.4, 0.5) is 5.82 Å². The molecule has 21 heavy (non-hydrogen) atoms. The first-order valence-corrected chi connectivity index (χ1v) is 7.35. The van der Waals surface area contributed by atoms with E-state index in [4.69, 9.17) is 4.98 Å². The standard InChI is InChI=1S/C15H17N5O/c1-10-6-8-19(9-7-10)13-14-17-18-15(21)20(14)12-5-3-2-4-11(12)16-13/h2-5,10H,6-9H2,1H3,(H,18,21). The number of hydrogen-bond acceptors (Lipinski definition) is 4. The maximum Gasteiger partial charge on any atom is 0.348 e. The van der Waals surface area contributed by atoms with Crippen LogP contribution in [0.5, 0.6) is 0 Å². The van der Waals surface area contributed by atoms with Crippen LogP contribution in [0.15, 0.2) is 29.1 Å². The number of aromatic amines is 1. The molecule has 1 aliphatic heterocycles. The second-order valence-corrected chi connectivity index (χ2v) is 5.78. The summed E-state index contributed by atoms with van der Waals surface area (Å²) >= 11 is 0. The van der Waals surface area contributed by atoms with Gasteiger partial charge in [-0.2, -0.15) is 0 Å². The number of nitrogens with one attached hydrogen (secondary N) is 1. The van der Waals surface area contributed by atoms with Crippen LogP contribution < -0.4 is 10.6 Å². The number of hydrogen-bond donors (Lipinski definition) is 1. The van der Waals surface area contributed by atoms with Crippen molar-refractivity contribution in [3.8, 4) is 0 Å². The first-order valence-electron chi connectivity index (χ1n) is 7.35. The Bertz CT molecular complexity index is 857. The van der Waals surface area contributed by atoms with Crippen molar-refractivity contribution in [2.24, 2.45) is 5.92 Å². The van der Waals surface area contributed by atoms with Gasteiger partial charge in [0, 0.05) is 13.1 Å². The highest BCUT2D eigenvalue weighted by Gasteiger charge is 2.21. The summed E-state index contributed by atoms with van der Waals surface area (Å²) in [7, 11) is 0. The number of H-pyrrole nitrogens is 1. The van der Waals surface area contributed by atoms with Crippen molar-refractivity contribution < 1.29 is 0 Å². The van der Waals surface area contributed by atoms with Crippen LogP contribution in [0.3, 0.4) is 0 Å². The van der Waals surface area contributed by atoms with Gasteiger partial charge < -0.3 is 4.90 Å². The summed E-state index contributed by atoms with van der Waals surface area (Å²) in [5.41, 5.74) is 2.02. The van der Waals surface area contributed by atoms with Crippen molar-refractivity contribution in [1.29, 1.82) is 0 Å². The van der Waals surface area contributed by atoms with Gasteiger partial charge in [0.15, 0.2) is 5.82 Å². The molecule has 3 aromatic rings. The lowest BCUT2D eigenvalue weighted by Crippen LogP contribution is -2.34. The molecule has 6 nitrogen and oxygen atoms in total. The topological polar surface area (TPSA) is 66.3 Å². The Morgan fingerprint density at radius 1 is 1.24 bits per heavy atom. The van der Waals surface area contributed by atoms with Gasteiger partial charge in [-0.25, -0.2) is 19.3 Å². The lowest BCUT2D eigenvalue weighted by molar-refractivity contribution is 0.437. The molecular weight excluding hydrogens is 266 g/mol. The van der Waals surface area contributed by atoms with Gasteiger partial charge in [-0.05, 0) is 30.9 Å². The maximum atomic E-state index is 12.1. The molecule has 1 aromatic carbocycles. The Kier molecular flexibility index (Phi) is 2.70. The summed E-state index contributed by atoms with van der Waals surface area (Å²) in [6.07, 6.45) is 2.30. The van der Waals surface area contributed by atoms with Gasteiger partial charge >= 0.3 is 5.69 Å². The molecule has 0 unspecified atom stereocenters. The fourth-order valence-corrected chi connectivity index (χ4v) is 3.01.